The molecule has 0 fully saturated rings. The van der Waals surface area contributed by atoms with Gasteiger partial charge in [0.1, 0.15) is 5.76 Å². The average molecular weight is 272 g/mol. The Labute approximate surface area is 108 Å². The molecule has 0 spiro atoms. The smallest absolute Gasteiger partial charge is 0.274 e. The molecule has 0 radical (unpaired) electrons. The Morgan fingerprint density at radius 3 is 2.83 bits per heavy atom. The van der Waals surface area contributed by atoms with E-state index in [1.807, 2.05) is 0 Å². The minimum atomic E-state index is -3.60. The minimum absolute atomic E-state index is 0.0653. The third kappa shape index (κ3) is 4.29. The van der Waals surface area contributed by atoms with Crippen LogP contribution in [0.2, 0.25) is 0 Å². The van der Waals surface area contributed by atoms with Crippen molar-refractivity contribution in [2.45, 2.75) is 37.9 Å². The fraction of sp³-hybridized carbons (Fsp3) is 0.500. The van der Waals surface area contributed by atoms with E-state index in [1.54, 1.807) is 13.0 Å². The van der Waals surface area contributed by atoms with Crippen LogP contribution in [-0.2, 0) is 16.6 Å². The lowest BCUT2D eigenvalue weighted by molar-refractivity contribution is 0.399. The second-order valence-electron chi connectivity index (χ2n) is 4.04. The molecule has 1 rings (SSSR count). The highest BCUT2D eigenvalue weighted by atomic mass is 32.2. The van der Waals surface area contributed by atoms with E-state index in [-0.39, 0.29) is 11.1 Å². The summed E-state index contributed by atoms with van der Waals surface area (Å²) in [5.41, 5.74) is 0. The van der Waals surface area contributed by atoms with Crippen LogP contribution in [0.1, 0.15) is 26.0 Å². The van der Waals surface area contributed by atoms with Crippen LogP contribution < -0.4 is 10.0 Å². The van der Waals surface area contributed by atoms with E-state index >= 15 is 0 Å². The zero-order valence-electron chi connectivity index (χ0n) is 10.8. The molecule has 0 aromatic carbocycles. The van der Waals surface area contributed by atoms with Gasteiger partial charge in [0.15, 0.2) is 0 Å². The fourth-order valence-corrected chi connectivity index (χ4v) is 2.50. The van der Waals surface area contributed by atoms with Crippen LogP contribution in [0.25, 0.3) is 0 Å². The molecule has 0 aliphatic rings. The van der Waals surface area contributed by atoms with Crippen molar-refractivity contribution in [2.75, 3.05) is 6.54 Å². The summed E-state index contributed by atoms with van der Waals surface area (Å²) < 4.78 is 31.5. The summed E-state index contributed by atoms with van der Waals surface area (Å²) >= 11 is 0. The monoisotopic (exact) mass is 272 g/mol. The summed E-state index contributed by atoms with van der Waals surface area (Å²) in [6.45, 7) is 8.69. The molecule has 1 atom stereocenters. The number of sulfonamides is 1. The van der Waals surface area contributed by atoms with Crippen molar-refractivity contribution < 1.29 is 12.8 Å². The predicted octanol–water partition coefficient (Wildman–Crippen LogP) is 1.63. The molecule has 0 saturated carbocycles. The largest absolute Gasteiger partial charge is 0.447 e. The summed E-state index contributed by atoms with van der Waals surface area (Å²) in [7, 11) is -3.60. The van der Waals surface area contributed by atoms with Crippen LogP contribution in [-0.4, -0.2) is 21.0 Å². The zero-order valence-corrected chi connectivity index (χ0v) is 11.6. The van der Waals surface area contributed by atoms with E-state index in [4.69, 9.17) is 4.42 Å². The number of nitrogens with one attached hydrogen (secondary N) is 2. The van der Waals surface area contributed by atoms with Crippen LogP contribution in [0.4, 0.5) is 0 Å². The Kier molecular flexibility index (Phi) is 5.58. The number of furan rings is 1. The number of hydrogen-bond donors (Lipinski definition) is 2. The minimum Gasteiger partial charge on any atom is -0.447 e. The van der Waals surface area contributed by atoms with Crippen LogP contribution in [0.5, 0.6) is 0 Å². The third-order valence-corrected chi connectivity index (χ3v) is 3.75. The number of rotatable bonds is 8. The van der Waals surface area contributed by atoms with Gasteiger partial charge in [0.05, 0.1) is 6.54 Å². The van der Waals surface area contributed by atoms with E-state index in [0.717, 1.165) is 13.0 Å². The van der Waals surface area contributed by atoms with Gasteiger partial charge in [0, 0.05) is 6.04 Å². The van der Waals surface area contributed by atoms with Crippen LogP contribution in [0.15, 0.2) is 34.3 Å². The van der Waals surface area contributed by atoms with Gasteiger partial charge >= 0.3 is 0 Å². The van der Waals surface area contributed by atoms with Gasteiger partial charge in [-0.15, -0.1) is 6.58 Å². The highest BCUT2D eigenvalue weighted by Gasteiger charge is 2.19. The highest BCUT2D eigenvalue weighted by molar-refractivity contribution is 7.89. The molecule has 0 aliphatic carbocycles. The fourth-order valence-electron chi connectivity index (χ4n) is 1.34. The van der Waals surface area contributed by atoms with Gasteiger partial charge in [0.25, 0.3) is 10.0 Å². The molecule has 2 N–H and O–H groups in total. The van der Waals surface area contributed by atoms with E-state index in [9.17, 15) is 8.42 Å². The first-order valence-corrected chi connectivity index (χ1v) is 7.42. The lowest BCUT2D eigenvalue weighted by Crippen LogP contribution is -2.30. The van der Waals surface area contributed by atoms with Crippen molar-refractivity contribution in [2.24, 2.45) is 0 Å². The second-order valence-corrected chi connectivity index (χ2v) is 5.69. The van der Waals surface area contributed by atoms with E-state index < -0.39 is 10.0 Å². The molecule has 0 bridgehead atoms. The Morgan fingerprint density at radius 2 is 2.22 bits per heavy atom. The van der Waals surface area contributed by atoms with Gasteiger partial charge in [-0.3, -0.25) is 0 Å². The summed E-state index contributed by atoms with van der Waals surface area (Å²) in [6, 6.07) is 2.79. The van der Waals surface area contributed by atoms with Crippen LogP contribution in [0, 0.1) is 0 Å². The molecule has 102 valence electrons. The Balaban J connectivity index is 2.69. The standard InChI is InChI=1S/C12H20N2O3S/c1-4-8-13-9-11-6-7-12(17-11)18(15,16)14-10(3)5-2/h5-7,10,13-14H,2,4,8-9H2,1,3H3. The highest BCUT2D eigenvalue weighted by Crippen LogP contribution is 2.14. The molecular weight excluding hydrogens is 252 g/mol. The summed E-state index contributed by atoms with van der Waals surface area (Å²) in [4.78, 5) is 0. The molecule has 1 heterocycles. The van der Waals surface area contributed by atoms with Gasteiger partial charge in [-0.2, -0.15) is 0 Å². The van der Waals surface area contributed by atoms with E-state index in [2.05, 4.69) is 23.5 Å². The topological polar surface area (TPSA) is 71.3 Å². The molecule has 0 amide bonds. The summed E-state index contributed by atoms with van der Waals surface area (Å²) in [6.07, 6.45) is 2.54. The molecule has 18 heavy (non-hydrogen) atoms. The first-order chi connectivity index (χ1) is 8.49. The average Bonchev–Trinajstić information content (AvgIpc) is 2.78. The molecule has 1 aromatic rings. The molecule has 1 aromatic heterocycles. The molecule has 1 unspecified atom stereocenters. The maximum atomic E-state index is 11.9. The van der Waals surface area contributed by atoms with Crippen LogP contribution >= 0.6 is 0 Å². The van der Waals surface area contributed by atoms with Gasteiger partial charge in [-0.1, -0.05) is 13.0 Å². The van der Waals surface area contributed by atoms with Crippen molar-refractivity contribution in [3.05, 3.63) is 30.5 Å². The zero-order chi connectivity index (χ0) is 13.6. The summed E-state index contributed by atoms with van der Waals surface area (Å²) in [5.74, 6) is 0.607. The van der Waals surface area contributed by atoms with Crippen molar-refractivity contribution in [3.63, 3.8) is 0 Å². The van der Waals surface area contributed by atoms with Gasteiger partial charge in [-0.25, -0.2) is 13.1 Å². The van der Waals surface area contributed by atoms with Gasteiger partial charge in [0.2, 0.25) is 5.09 Å². The lowest BCUT2D eigenvalue weighted by atomic mass is 10.4. The maximum Gasteiger partial charge on any atom is 0.274 e. The third-order valence-electron chi connectivity index (χ3n) is 2.32. The Hall–Kier alpha value is -1.11. The maximum absolute atomic E-state index is 11.9. The van der Waals surface area contributed by atoms with Gasteiger partial charge in [-0.05, 0) is 32.0 Å². The molecule has 0 saturated heterocycles. The van der Waals surface area contributed by atoms with Crippen molar-refractivity contribution >= 4 is 10.0 Å². The van der Waals surface area contributed by atoms with E-state index in [1.165, 1.54) is 12.1 Å². The Bertz CT molecular complexity index is 479. The molecule has 5 nitrogen and oxygen atoms in total. The number of hydrogen-bond acceptors (Lipinski definition) is 4. The molecular formula is C12H20N2O3S. The van der Waals surface area contributed by atoms with Crippen LogP contribution in [0.3, 0.4) is 0 Å². The molecule has 0 aliphatic heterocycles. The first-order valence-electron chi connectivity index (χ1n) is 5.94. The second kappa shape index (κ2) is 6.72. The van der Waals surface area contributed by atoms with E-state index in [0.29, 0.717) is 12.3 Å². The first kappa shape index (κ1) is 14.9. The SMILES string of the molecule is C=CC(C)NS(=O)(=O)c1ccc(CNCCC)o1. The lowest BCUT2D eigenvalue weighted by Gasteiger charge is -2.07. The predicted molar refractivity (Wildman–Crippen MR) is 70.7 cm³/mol. The van der Waals surface area contributed by atoms with Crippen molar-refractivity contribution in [1.29, 1.82) is 0 Å². The van der Waals surface area contributed by atoms with Crippen molar-refractivity contribution in [3.8, 4) is 0 Å². The van der Waals surface area contributed by atoms with Gasteiger partial charge < -0.3 is 9.73 Å². The summed E-state index contributed by atoms with van der Waals surface area (Å²) in [5, 5.41) is 3.08. The Morgan fingerprint density at radius 1 is 1.50 bits per heavy atom. The normalized spacial score (nSPS) is 13.4. The molecule has 6 heteroatoms. The quantitative estimate of drug-likeness (QED) is 0.557. The van der Waals surface area contributed by atoms with Crippen molar-refractivity contribution in [1.82, 2.24) is 10.0 Å².